The second-order valence-electron chi connectivity index (χ2n) is 9.49. The molecule has 4 rings (SSSR count). The van der Waals surface area contributed by atoms with Gasteiger partial charge in [-0.25, -0.2) is 0 Å². The molecule has 0 saturated carbocycles. The lowest BCUT2D eigenvalue weighted by Crippen LogP contribution is -2.38. The molecule has 39 heavy (non-hydrogen) atoms. The maximum atomic E-state index is 12.8. The van der Waals surface area contributed by atoms with Gasteiger partial charge in [0.05, 0.1) is 12.6 Å². The summed E-state index contributed by atoms with van der Waals surface area (Å²) in [6.45, 7) is 2.79. The maximum Gasteiger partial charge on any atom is 0.573 e. The number of carbonyl (C=O) groups excluding carboxylic acids is 1. The van der Waals surface area contributed by atoms with Crippen molar-refractivity contribution >= 4 is 23.2 Å². The number of alkyl halides is 3. The van der Waals surface area contributed by atoms with E-state index < -0.39 is 6.36 Å². The van der Waals surface area contributed by atoms with Crippen molar-refractivity contribution in [2.24, 2.45) is 0 Å². The van der Waals surface area contributed by atoms with Crippen LogP contribution in [0.3, 0.4) is 0 Å². The quantitative estimate of drug-likeness (QED) is 0.333. The molecule has 2 unspecified atom stereocenters. The van der Waals surface area contributed by atoms with Crippen LogP contribution < -0.4 is 15.0 Å². The molecule has 0 spiro atoms. The second-order valence-corrected chi connectivity index (χ2v) is 9.92. The lowest BCUT2D eigenvalue weighted by molar-refractivity contribution is -0.274. The molecule has 1 N–H and O–H groups in total. The van der Waals surface area contributed by atoms with Gasteiger partial charge in [-0.15, -0.1) is 13.2 Å². The van der Waals surface area contributed by atoms with Gasteiger partial charge in [0.2, 0.25) is 0 Å². The molecule has 3 aromatic carbocycles. The molecule has 0 aromatic heterocycles. The summed E-state index contributed by atoms with van der Waals surface area (Å²) in [5.74, 6) is -0.709. The van der Waals surface area contributed by atoms with E-state index in [9.17, 15) is 18.0 Å². The van der Waals surface area contributed by atoms with Crippen molar-refractivity contribution < 1.29 is 27.4 Å². The van der Waals surface area contributed by atoms with Crippen LogP contribution in [0.4, 0.5) is 18.9 Å². The van der Waals surface area contributed by atoms with E-state index in [1.165, 1.54) is 12.1 Å². The highest BCUT2D eigenvalue weighted by Crippen LogP contribution is 2.33. The fourth-order valence-electron chi connectivity index (χ4n) is 4.74. The number of benzene rings is 3. The van der Waals surface area contributed by atoms with Crippen LogP contribution in [0, 0.1) is 0 Å². The summed E-state index contributed by atoms with van der Waals surface area (Å²) < 4.78 is 46.3. The Bertz CT molecular complexity index is 1220. The lowest BCUT2D eigenvalue weighted by atomic mass is 9.97. The second kappa shape index (κ2) is 12.7. The number of nitrogens with zero attached hydrogens (tertiary/aromatic N) is 2. The zero-order valence-corrected chi connectivity index (χ0v) is 22.5. The Kier molecular flexibility index (Phi) is 9.37. The van der Waals surface area contributed by atoms with Crippen LogP contribution in [0.2, 0.25) is 5.02 Å². The minimum absolute atomic E-state index is 0.0405. The van der Waals surface area contributed by atoms with Gasteiger partial charge in [-0.2, -0.15) is 0 Å². The van der Waals surface area contributed by atoms with Gasteiger partial charge in [-0.05, 0) is 66.1 Å². The van der Waals surface area contributed by atoms with Crippen molar-refractivity contribution in [2.75, 3.05) is 45.3 Å². The van der Waals surface area contributed by atoms with E-state index in [0.29, 0.717) is 18.2 Å². The molecule has 0 aliphatic carbocycles. The SMILES string of the molecule is COCCN(C)c1ccc(C(c2ccc(Cl)cc2)N2CCC(NC(=O)c3ccc(OC(F)(F)F)cc3)C2)cc1. The average Bonchev–Trinajstić information content (AvgIpc) is 3.36. The number of likely N-dealkylation sites (tertiary alicyclic amines) is 1. The minimum atomic E-state index is -4.78. The Labute approximate surface area is 231 Å². The lowest BCUT2D eigenvalue weighted by Gasteiger charge is -2.29. The zero-order chi connectivity index (χ0) is 28.0. The highest BCUT2D eigenvalue weighted by molar-refractivity contribution is 6.30. The first-order valence-electron chi connectivity index (χ1n) is 12.6. The molecule has 1 amide bonds. The first-order valence-corrected chi connectivity index (χ1v) is 13.0. The van der Waals surface area contributed by atoms with Crippen molar-refractivity contribution in [3.8, 4) is 5.75 Å². The van der Waals surface area contributed by atoms with E-state index in [1.807, 2.05) is 31.3 Å². The first kappa shape index (κ1) is 28.7. The Hall–Kier alpha value is -3.27. The van der Waals surface area contributed by atoms with Crippen LogP contribution >= 0.6 is 11.6 Å². The molecule has 10 heteroatoms. The van der Waals surface area contributed by atoms with Gasteiger partial charge in [0.15, 0.2) is 0 Å². The van der Waals surface area contributed by atoms with Crippen LogP contribution in [0.25, 0.3) is 0 Å². The number of rotatable bonds is 10. The molecule has 0 bridgehead atoms. The number of anilines is 1. The third-order valence-electron chi connectivity index (χ3n) is 6.74. The Morgan fingerprint density at radius 2 is 1.67 bits per heavy atom. The van der Waals surface area contributed by atoms with Crippen LogP contribution in [-0.4, -0.2) is 63.6 Å². The monoisotopic (exact) mass is 561 g/mol. The number of hydrogen-bond donors (Lipinski definition) is 1. The molecule has 1 saturated heterocycles. The van der Waals surface area contributed by atoms with Gasteiger partial charge in [-0.1, -0.05) is 35.9 Å². The molecule has 6 nitrogen and oxygen atoms in total. The summed E-state index contributed by atoms with van der Waals surface area (Å²) in [5, 5.41) is 3.68. The Morgan fingerprint density at radius 1 is 1.05 bits per heavy atom. The smallest absolute Gasteiger partial charge is 0.406 e. The molecule has 208 valence electrons. The summed E-state index contributed by atoms with van der Waals surface area (Å²) in [5.41, 5.74) is 3.56. The molecule has 0 radical (unpaired) electrons. The summed E-state index contributed by atoms with van der Waals surface area (Å²) in [4.78, 5) is 17.3. The van der Waals surface area contributed by atoms with Crippen molar-refractivity contribution in [3.05, 3.63) is 94.5 Å². The number of hydrogen-bond acceptors (Lipinski definition) is 5. The van der Waals surface area contributed by atoms with E-state index in [-0.39, 0.29) is 29.3 Å². The zero-order valence-electron chi connectivity index (χ0n) is 21.7. The van der Waals surface area contributed by atoms with Crippen LogP contribution in [0.5, 0.6) is 5.75 Å². The van der Waals surface area contributed by atoms with E-state index in [0.717, 1.165) is 48.5 Å². The van der Waals surface area contributed by atoms with Crippen LogP contribution in [0.15, 0.2) is 72.8 Å². The molecule has 2 atom stereocenters. The molecule has 1 heterocycles. The fourth-order valence-corrected chi connectivity index (χ4v) is 4.87. The van der Waals surface area contributed by atoms with Crippen LogP contribution in [0.1, 0.15) is 33.9 Å². The standard InChI is InChI=1S/C29H31ClF3N3O3/c1-35(17-18-38-2)25-11-5-21(6-12-25)27(20-3-9-23(30)10-4-20)36-16-15-24(19-36)34-28(37)22-7-13-26(14-8-22)39-29(31,32)33/h3-14,24,27H,15-19H2,1-2H3,(H,34,37). The third-order valence-corrected chi connectivity index (χ3v) is 6.99. The summed E-state index contributed by atoms with van der Waals surface area (Å²) in [7, 11) is 3.71. The van der Waals surface area contributed by atoms with Gasteiger partial charge in [0, 0.05) is 56.1 Å². The first-order chi connectivity index (χ1) is 18.6. The molecule has 1 fully saturated rings. The Morgan fingerprint density at radius 3 is 2.26 bits per heavy atom. The minimum Gasteiger partial charge on any atom is -0.406 e. The summed E-state index contributed by atoms with van der Waals surface area (Å²) in [6, 6.07) is 21.0. The van der Waals surface area contributed by atoms with Gasteiger partial charge in [0.1, 0.15) is 5.75 Å². The summed E-state index contributed by atoms with van der Waals surface area (Å²) >= 11 is 6.16. The number of ether oxygens (including phenoxy) is 2. The van der Waals surface area contributed by atoms with Crippen molar-refractivity contribution in [3.63, 3.8) is 0 Å². The van der Waals surface area contributed by atoms with Crippen LogP contribution in [-0.2, 0) is 4.74 Å². The predicted molar refractivity (Wildman–Crippen MR) is 145 cm³/mol. The number of likely N-dealkylation sites (N-methyl/N-ethyl adjacent to an activating group) is 1. The van der Waals surface area contributed by atoms with E-state index in [2.05, 4.69) is 44.1 Å². The fraction of sp³-hybridized carbons (Fsp3) is 0.345. The molecular weight excluding hydrogens is 531 g/mol. The average molecular weight is 562 g/mol. The normalized spacial score (nSPS) is 16.6. The largest absolute Gasteiger partial charge is 0.573 e. The highest BCUT2D eigenvalue weighted by Gasteiger charge is 2.32. The molecule has 3 aromatic rings. The van der Waals surface area contributed by atoms with Crippen molar-refractivity contribution in [1.82, 2.24) is 10.2 Å². The van der Waals surface area contributed by atoms with Gasteiger partial charge in [0.25, 0.3) is 5.91 Å². The molecule has 1 aliphatic rings. The van der Waals surface area contributed by atoms with E-state index in [1.54, 1.807) is 7.11 Å². The highest BCUT2D eigenvalue weighted by atomic mass is 35.5. The molecular formula is C29H31ClF3N3O3. The van der Waals surface area contributed by atoms with Crippen molar-refractivity contribution in [1.29, 1.82) is 0 Å². The third kappa shape index (κ3) is 7.88. The van der Waals surface area contributed by atoms with E-state index in [4.69, 9.17) is 16.3 Å². The van der Waals surface area contributed by atoms with Gasteiger partial charge in [-0.3, -0.25) is 9.69 Å². The van der Waals surface area contributed by atoms with Gasteiger partial charge < -0.3 is 19.7 Å². The molecule has 1 aliphatic heterocycles. The predicted octanol–water partition coefficient (Wildman–Crippen LogP) is 5.91. The number of nitrogens with one attached hydrogen (secondary N) is 1. The topological polar surface area (TPSA) is 54.0 Å². The number of halogens is 4. The van der Waals surface area contributed by atoms with Crippen molar-refractivity contribution in [2.45, 2.75) is 24.9 Å². The number of amides is 1. The maximum absolute atomic E-state index is 12.8. The number of methoxy groups -OCH3 is 1. The van der Waals surface area contributed by atoms with Gasteiger partial charge >= 0.3 is 6.36 Å². The summed E-state index contributed by atoms with van der Waals surface area (Å²) in [6.07, 6.45) is -4.04. The Balaban J connectivity index is 1.46. The van der Waals surface area contributed by atoms with E-state index >= 15 is 0 Å². The number of carbonyl (C=O) groups is 1.